The molecule has 1 rings (SSSR count). The molecule has 0 bridgehead atoms. The van der Waals surface area contributed by atoms with Crippen LogP contribution in [-0.4, -0.2) is 34.6 Å². The van der Waals surface area contributed by atoms with E-state index in [1.165, 1.54) is 0 Å². The summed E-state index contributed by atoms with van der Waals surface area (Å²) in [5.41, 5.74) is 4.98. The number of likely N-dealkylation sites (tertiary alicyclic amines) is 1. The molecule has 0 aromatic heterocycles. The molecule has 0 aromatic rings. The van der Waals surface area contributed by atoms with Gasteiger partial charge in [-0.3, -0.25) is 9.69 Å². The van der Waals surface area contributed by atoms with Gasteiger partial charge in [-0.1, -0.05) is 0 Å². The zero-order valence-electron chi connectivity index (χ0n) is 5.99. The van der Waals surface area contributed by atoms with E-state index < -0.39 is 18.0 Å². The molecule has 11 heavy (non-hydrogen) atoms. The Morgan fingerprint density at radius 2 is 2.18 bits per heavy atom. The van der Waals surface area contributed by atoms with E-state index in [2.05, 4.69) is 0 Å². The summed E-state index contributed by atoms with van der Waals surface area (Å²) in [5.74, 6) is -0.551. The van der Waals surface area contributed by atoms with Crippen LogP contribution in [0.4, 0.5) is 4.79 Å². The van der Waals surface area contributed by atoms with Crippen molar-refractivity contribution >= 4 is 12.0 Å². The van der Waals surface area contributed by atoms with E-state index in [0.29, 0.717) is 13.0 Å². The molecular formula is C6H10N2O3. The first kappa shape index (κ1) is 7.84. The average Bonchev–Trinajstić information content (AvgIpc) is 2.32. The van der Waals surface area contributed by atoms with Gasteiger partial charge in [0.1, 0.15) is 6.04 Å². The molecule has 0 aliphatic carbocycles. The monoisotopic (exact) mass is 158 g/mol. The Morgan fingerprint density at radius 3 is 2.55 bits per heavy atom. The van der Waals surface area contributed by atoms with E-state index in [1.54, 1.807) is 0 Å². The van der Waals surface area contributed by atoms with Crippen LogP contribution >= 0.6 is 0 Å². The summed E-state index contributed by atoms with van der Waals surface area (Å²) in [4.78, 5) is 22.2. The minimum atomic E-state index is -1.06. The highest BCUT2D eigenvalue weighted by Crippen LogP contribution is 2.16. The molecule has 1 unspecified atom stereocenters. The van der Waals surface area contributed by atoms with Crippen molar-refractivity contribution in [2.45, 2.75) is 18.9 Å². The number of nitrogens with two attached hydrogens (primary N) is 1. The van der Waals surface area contributed by atoms with Gasteiger partial charge in [0.05, 0.1) is 0 Å². The molecule has 2 amide bonds. The quantitative estimate of drug-likeness (QED) is 0.545. The number of nitrogens with zero attached hydrogens (tertiary/aromatic N) is 1. The summed E-state index contributed by atoms with van der Waals surface area (Å²) in [6.45, 7) is 0.420. The van der Waals surface area contributed by atoms with Crippen LogP contribution in [0, 0.1) is 0 Å². The lowest BCUT2D eigenvalue weighted by molar-refractivity contribution is -0.121. The third-order valence-corrected chi connectivity index (χ3v) is 1.83. The van der Waals surface area contributed by atoms with Gasteiger partial charge in [-0.05, 0) is 12.8 Å². The van der Waals surface area contributed by atoms with Gasteiger partial charge in [0.2, 0.25) is 5.91 Å². The topological polar surface area (TPSA) is 83.6 Å². The third kappa shape index (κ3) is 1.42. The standard InChI is InChI=1S/C6H10N2O3/c7-5(9)4-2-1-3-8(4)6(10)11/h4H,1-3H2,(H2,7,9)(H,10,11). The summed E-state index contributed by atoms with van der Waals surface area (Å²) in [6.07, 6.45) is 0.216. The molecule has 1 atom stereocenters. The largest absolute Gasteiger partial charge is 0.465 e. The minimum absolute atomic E-state index is 0.420. The van der Waals surface area contributed by atoms with Gasteiger partial charge in [0.25, 0.3) is 0 Å². The molecule has 1 fully saturated rings. The number of hydrogen-bond acceptors (Lipinski definition) is 2. The summed E-state index contributed by atoms with van der Waals surface area (Å²) >= 11 is 0. The lowest BCUT2D eigenvalue weighted by atomic mass is 10.2. The molecule has 0 aromatic carbocycles. The lowest BCUT2D eigenvalue weighted by Gasteiger charge is -2.17. The van der Waals surface area contributed by atoms with Crippen molar-refractivity contribution in [1.29, 1.82) is 0 Å². The van der Waals surface area contributed by atoms with Crippen LogP contribution in [0.3, 0.4) is 0 Å². The van der Waals surface area contributed by atoms with Crippen LogP contribution in [0.2, 0.25) is 0 Å². The van der Waals surface area contributed by atoms with Crippen LogP contribution in [-0.2, 0) is 4.79 Å². The lowest BCUT2D eigenvalue weighted by Crippen LogP contribution is -2.42. The van der Waals surface area contributed by atoms with Crippen molar-refractivity contribution in [1.82, 2.24) is 4.90 Å². The Bertz CT molecular complexity index is 172. The van der Waals surface area contributed by atoms with Crippen molar-refractivity contribution in [3.05, 3.63) is 0 Å². The fraction of sp³-hybridized carbons (Fsp3) is 0.667. The van der Waals surface area contributed by atoms with Crippen LogP contribution in [0.1, 0.15) is 12.8 Å². The van der Waals surface area contributed by atoms with Crippen LogP contribution < -0.4 is 5.73 Å². The van der Waals surface area contributed by atoms with E-state index in [4.69, 9.17) is 10.8 Å². The Morgan fingerprint density at radius 1 is 1.55 bits per heavy atom. The van der Waals surface area contributed by atoms with E-state index in [-0.39, 0.29) is 0 Å². The Labute approximate surface area is 63.8 Å². The fourth-order valence-electron chi connectivity index (χ4n) is 1.29. The van der Waals surface area contributed by atoms with Gasteiger partial charge >= 0.3 is 6.09 Å². The van der Waals surface area contributed by atoms with Crippen molar-refractivity contribution in [2.24, 2.45) is 5.73 Å². The van der Waals surface area contributed by atoms with Gasteiger partial charge in [0, 0.05) is 6.54 Å². The highest BCUT2D eigenvalue weighted by atomic mass is 16.4. The second-order valence-corrected chi connectivity index (χ2v) is 2.54. The van der Waals surface area contributed by atoms with Gasteiger partial charge in [0.15, 0.2) is 0 Å². The maximum atomic E-state index is 10.6. The number of carbonyl (C=O) groups is 2. The number of carboxylic acid groups (broad SMARTS) is 1. The van der Waals surface area contributed by atoms with Crippen molar-refractivity contribution in [3.8, 4) is 0 Å². The van der Waals surface area contributed by atoms with E-state index >= 15 is 0 Å². The molecule has 0 radical (unpaired) electrons. The van der Waals surface area contributed by atoms with E-state index in [1.807, 2.05) is 0 Å². The summed E-state index contributed by atoms with van der Waals surface area (Å²) in [5, 5.41) is 8.55. The number of rotatable bonds is 1. The first-order valence-corrected chi connectivity index (χ1v) is 3.42. The van der Waals surface area contributed by atoms with Crippen molar-refractivity contribution in [2.75, 3.05) is 6.54 Å². The van der Waals surface area contributed by atoms with Crippen LogP contribution in [0.15, 0.2) is 0 Å². The molecule has 62 valence electrons. The number of carbonyl (C=O) groups excluding carboxylic acids is 1. The molecule has 3 N–H and O–H groups in total. The van der Waals surface area contributed by atoms with Crippen LogP contribution in [0.5, 0.6) is 0 Å². The van der Waals surface area contributed by atoms with Gasteiger partial charge in [-0.2, -0.15) is 0 Å². The minimum Gasteiger partial charge on any atom is -0.465 e. The number of hydrogen-bond donors (Lipinski definition) is 2. The molecule has 1 saturated heterocycles. The highest BCUT2D eigenvalue weighted by molar-refractivity contribution is 5.84. The second kappa shape index (κ2) is 2.77. The first-order chi connectivity index (χ1) is 5.13. The maximum absolute atomic E-state index is 10.6. The zero-order valence-corrected chi connectivity index (χ0v) is 5.99. The SMILES string of the molecule is NC(=O)C1CCCN1C(=O)O. The van der Waals surface area contributed by atoms with Gasteiger partial charge < -0.3 is 10.8 Å². The number of amides is 2. The normalized spacial score (nSPS) is 23.6. The molecular weight excluding hydrogens is 148 g/mol. The Kier molecular flexibility index (Phi) is 1.98. The molecule has 1 aliphatic heterocycles. The third-order valence-electron chi connectivity index (χ3n) is 1.83. The molecule has 1 aliphatic rings. The summed E-state index contributed by atoms with van der Waals surface area (Å²) in [6, 6.07) is -0.604. The summed E-state index contributed by atoms with van der Waals surface area (Å²) in [7, 11) is 0. The highest BCUT2D eigenvalue weighted by Gasteiger charge is 2.32. The first-order valence-electron chi connectivity index (χ1n) is 3.42. The van der Waals surface area contributed by atoms with E-state index in [0.717, 1.165) is 11.3 Å². The van der Waals surface area contributed by atoms with E-state index in [9.17, 15) is 9.59 Å². The van der Waals surface area contributed by atoms with Gasteiger partial charge in [-0.25, -0.2) is 4.79 Å². The second-order valence-electron chi connectivity index (χ2n) is 2.54. The maximum Gasteiger partial charge on any atom is 0.407 e. The number of primary amides is 1. The van der Waals surface area contributed by atoms with Gasteiger partial charge in [-0.15, -0.1) is 0 Å². The predicted molar refractivity (Wildman–Crippen MR) is 36.9 cm³/mol. The van der Waals surface area contributed by atoms with Crippen molar-refractivity contribution in [3.63, 3.8) is 0 Å². The summed E-state index contributed by atoms with van der Waals surface area (Å²) < 4.78 is 0. The predicted octanol–water partition coefficient (Wildman–Crippen LogP) is -0.386. The fourth-order valence-corrected chi connectivity index (χ4v) is 1.29. The molecule has 5 heteroatoms. The van der Waals surface area contributed by atoms with Crippen molar-refractivity contribution < 1.29 is 14.7 Å². The average molecular weight is 158 g/mol. The molecule has 1 heterocycles. The Balaban J connectivity index is 2.65. The van der Waals surface area contributed by atoms with Crippen LogP contribution in [0.25, 0.3) is 0 Å². The Hall–Kier alpha value is -1.26. The molecule has 0 spiro atoms. The smallest absolute Gasteiger partial charge is 0.407 e. The molecule has 0 saturated carbocycles. The molecule has 5 nitrogen and oxygen atoms in total. The zero-order chi connectivity index (χ0) is 8.43.